The van der Waals surface area contributed by atoms with Crippen LogP contribution in [0.1, 0.15) is 11.3 Å². The molecule has 90 valence electrons. The van der Waals surface area contributed by atoms with Crippen LogP contribution in [0.25, 0.3) is 0 Å². The summed E-state index contributed by atoms with van der Waals surface area (Å²) in [5.41, 5.74) is 4.19. The Hall–Kier alpha value is -0.420. The highest BCUT2D eigenvalue weighted by molar-refractivity contribution is 9.10. The molecule has 0 atom stereocenters. The van der Waals surface area contributed by atoms with Gasteiger partial charge < -0.3 is 5.32 Å². The quantitative estimate of drug-likeness (QED) is 0.841. The molecule has 0 aliphatic carbocycles. The summed E-state index contributed by atoms with van der Waals surface area (Å²) >= 11 is 11.1. The second-order valence-electron chi connectivity index (χ2n) is 3.64. The van der Waals surface area contributed by atoms with Gasteiger partial charge in [-0.05, 0) is 23.8 Å². The predicted molar refractivity (Wildman–Crippen MR) is 76.7 cm³/mol. The van der Waals surface area contributed by atoms with Crippen LogP contribution < -0.4 is 5.32 Å². The third kappa shape index (κ3) is 4.07. The zero-order chi connectivity index (χ0) is 12.1. The van der Waals surface area contributed by atoms with E-state index in [1.165, 1.54) is 5.56 Å². The van der Waals surface area contributed by atoms with E-state index in [2.05, 4.69) is 31.6 Å². The van der Waals surface area contributed by atoms with Crippen molar-refractivity contribution >= 4 is 38.9 Å². The minimum atomic E-state index is 0.768. The van der Waals surface area contributed by atoms with E-state index < -0.39 is 0 Å². The zero-order valence-electron chi connectivity index (χ0n) is 9.12. The molecule has 0 radical (unpaired) electrons. The number of hydrogen-bond donors (Lipinski definition) is 1. The summed E-state index contributed by atoms with van der Waals surface area (Å²) in [5, 5.41) is 6.23. The molecule has 0 bridgehead atoms. The first kappa shape index (κ1) is 13.0. The van der Waals surface area contributed by atoms with Crippen LogP contribution in [0.15, 0.2) is 33.6 Å². The molecule has 0 fully saturated rings. The van der Waals surface area contributed by atoms with Crippen molar-refractivity contribution in [3.8, 4) is 0 Å². The molecule has 2 nitrogen and oxygen atoms in total. The predicted octanol–water partition coefficient (Wildman–Crippen LogP) is 3.89. The van der Waals surface area contributed by atoms with E-state index in [1.54, 1.807) is 11.3 Å². The number of nitrogens with zero attached hydrogens (tertiary/aromatic N) is 1. The lowest BCUT2D eigenvalue weighted by molar-refractivity contribution is 0.680. The molecule has 0 amide bonds. The Morgan fingerprint density at radius 2 is 2.29 bits per heavy atom. The maximum Gasteiger partial charge on any atom is 0.0794 e. The van der Waals surface area contributed by atoms with Crippen molar-refractivity contribution in [3.05, 3.63) is 49.8 Å². The molecule has 1 aromatic carbocycles. The lowest BCUT2D eigenvalue weighted by Gasteiger charge is -2.06. The van der Waals surface area contributed by atoms with Crippen LogP contribution in [-0.2, 0) is 13.0 Å². The Morgan fingerprint density at radius 3 is 3.06 bits per heavy atom. The lowest BCUT2D eigenvalue weighted by atomic mass is 10.2. The van der Waals surface area contributed by atoms with Gasteiger partial charge in [0.05, 0.1) is 11.2 Å². The molecule has 17 heavy (non-hydrogen) atoms. The summed E-state index contributed by atoms with van der Waals surface area (Å²) in [4.78, 5) is 4.24. The maximum absolute atomic E-state index is 5.95. The Kier molecular flexibility index (Phi) is 4.98. The number of thiazole rings is 1. The van der Waals surface area contributed by atoms with E-state index in [1.807, 2.05) is 23.7 Å². The van der Waals surface area contributed by atoms with E-state index in [4.69, 9.17) is 11.6 Å². The van der Waals surface area contributed by atoms with Crippen molar-refractivity contribution in [2.24, 2.45) is 0 Å². The van der Waals surface area contributed by atoms with Crippen LogP contribution in [0.3, 0.4) is 0 Å². The molecule has 1 aromatic heterocycles. The number of halogens is 2. The average molecular weight is 332 g/mol. The largest absolute Gasteiger partial charge is 0.312 e. The third-order valence-electron chi connectivity index (χ3n) is 2.36. The van der Waals surface area contributed by atoms with Crippen molar-refractivity contribution in [2.75, 3.05) is 6.54 Å². The highest BCUT2D eigenvalue weighted by Crippen LogP contribution is 2.20. The maximum atomic E-state index is 5.95. The van der Waals surface area contributed by atoms with Crippen molar-refractivity contribution in [1.29, 1.82) is 0 Å². The lowest BCUT2D eigenvalue weighted by Crippen LogP contribution is -2.17. The number of hydrogen-bond acceptors (Lipinski definition) is 3. The van der Waals surface area contributed by atoms with Gasteiger partial charge in [0, 0.05) is 34.4 Å². The van der Waals surface area contributed by atoms with Gasteiger partial charge in [0.1, 0.15) is 0 Å². The number of benzene rings is 1. The first-order valence-electron chi connectivity index (χ1n) is 5.27. The molecule has 2 rings (SSSR count). The highest BCUT2D eigenvalue weighted by atomic mass is 79.9. The van der Waals surface area contributed by atoms with E-state index in [9.17, 15) is 0 Å². The second kappa shape index (κ2) is 6.50. The SMILES string of the molecule is Clc1ccc(Br)c(CNCCc2cscn2)c1. The number of nitrogens with one attached hydrogen (secondary N) is 1. The molecular weight excluding hydrogens is 320 g/mol. The number of aromatic nitrogens is 1. The van der Waals surface area contributed by atoms with Crippen LogP contribution >= 0.6 is 38.9 Å². The molecule has 0 spiro atoms. The van der Waals surface area contributed by atoms with Gasteiger partial charge in [0.15, 0.2) is 0 Å². The van der Waals surface area contributed by atoms with Crippen LogP contribution in [0.4, 0.5) is 0 Å². The van der Waals surface area contributed by atoms with E-state index >= 15 is 0 Å². The summed E-state index contributed by atoms with van der Waals surface area (Å²) < 4.78 is 1.09. The van der Waals surface area contributed by atoms with Gasteiger partial charge >= 0.3 is 0 Å². The molecule has 0 aliphatic heterocycles. The van der Waals surface area contributed by atoms with Gasteiger partial charge in [-0.1, -0.05) is 27.5 Å². The highest BCUT2D eigenvalue weighted by Gasteiger charge is 2.01. The zero-order valence-corrected chi connectivity index (χ0v) is 12.3. The Morgan fingerprint density at radius 1 is 1.41 bits per heavy atom. The van der Waals surface area contributed by atoms with Crippen LogP contribution in [0, 0.1) is 0 Å². The Labute approximate surface area is 118 Å². The van der Waals surface area contributed by atoms with E-state index in [0.717, 1.165) is 34.7 Å². The van der Waals surface area contributed by atoms with Crippen LogP contribution in [-0.4, -0.2) is 11.5 Å². The molecule has 0 saturated heterocycles. The fourth-order valence-electron chi connectivity index (χ4n) is 1.48. The molecule has 0 unspecified atom stereocenters. The Bertz CT molecular complexity index is 473. The van der Waals surface area contributed by atoms with Gasteiger partial charge in [-0.3, -0.25) is 0 Å². The van der Waals surface area contributed by atoms with Gasteiger partial charge in [-0.2, -0.15) is 0 Å². The molecule has 0 aliphatic rings. The molecular formula is C12H12BrClN2S. The fourth-order valence-corrected chi connectivity index (χ4v) is 2.65. The second-order valence-corrected chi connectivity index (χ2v) is 5.65. The Balaban J connectivity index is 1.80. The fraction of sp³-hybridized carbons (Fsp3) is 0.250. The summed E-state index contributed by atoms with van der Waals surface area (Å²) in [6, 6.07) is 5.83. The molecule has 5 heteroatoms. The standard InChI is InChI=1S/C12H12BrClN2S/c13-12-2-1-10(14)5-9(12)6-15-4-3-11-7-17-8-16-11/h1-2,5,7-8,15H,3-4,6H2. The van der Waals surface area contributed by atoms with Crippen molar-refractivity contribution in [1.82, 2.24) is 10.3 Å². The average Bonchev–Trinajstić information content (AvgIpc) is 2.82. The number of rotatable bonds is 5. The van der Waals surface area contributed by atoms with Crippen molar-refractivity contribution in [2.45, 2.75) is 13.0 Å². The van der Waals surface area contributed by atoms with E-state index in [0.29, 0.717) is 0 Å². The summed E-state index contributed by atoms with van der Waals surface area (Å²) in [5.74, 6) is 0. The minimum Gasteiger partial charge on any atom is -0.312 e. The third-order valence-corrected chi connectivity index (χ3v) is 4.01. The summed E-state index contributed by atoms with van der Waals surface area (Å²) in [6.07, 6.45) is 0.960. The topological polar surface area (TPSA) is 24.9 Å². The van der Waals surface area contributed by atoms with Gasteiger partial charge in [0.2, 0.25) is 0 Å². The summed E-state index contributed by atoms with van der Waals surface area (Å²) in [7, 11) is 0. The summed E-state index contributed by atoms with van der Waals surface area (Å²) in [6.45, 7) is 1.73. The molecule has 0 saturated carbocycles. The molecule has 2 aromatic rings. The monoisotopic (exact) mass is 330 g/mol. The first-order valence-corrected chi connectivity index (χ1v) is 7.39. The minimum absolute atomic E-state index is 0.768. The van der Waals surface area contributed by atoms with Crippen molar-refractivity contribution in [3.63, 3.8) is 0 Å². The van der Waals surface area contributed by atoms with Crippen LogP contribution in [0.2, 0.25) is 5.02 Å². The molecule has 1 heterocycles. The smallest absolute Gasteiger partial charge is 0.0794 e. The van der Waals surface area contributed by atoms with Gasteiger partial charge in [0.25, 0.3) is 0 Å². The van der Waals surface area contributed by atoms with E-state index in [-0.39, 0.29) is 0 Å². The van der Waals surface area contributed by atoms with Crippen molar-refractivity contribution < 1.29 is 0 Å². The van der Waals surface area contributed by atoms with Gasteiger partial charge in [-0.25, -0.2) is 4.98 Å². The van der Waals surface area contributed by atoms with Crippen LogP contribution in [0.5, 0.6) is 0 Å². The normalized spacial score (nSPS) is 10.7. The first-order chi connectivity index (χ1) is 8.25. The van der Waals surface area contributed by atoms with Gasteiger partial charge in [-0.15, -0.1) is 11.3 Å². The molecule has 1 N–H and O–H groups in total.